The number of hydrogen-bond donors (Lipinski definition) is 10. The summed E-state index contributed by atoms with van der Waals surface area (Å²) in [5.74, 6) is -6.62. The van der Waals surface area contributed by atoms with Crippen molar-refractivity contribution in [2.45, 2.75) is 147 Å². The van der Waals surface area contributed by atoms with Gasteiger partial charge in [0.1, 0.15) is 109 Å². The van der Waals surface area contributed by atoms with Crippen molar-refractivity contribution in [3.63, 3.8) is 0 Å². The van der Waals surface area contributed by atoms with E-state index in [4.69, 9.17) is 94.6 Å². The number of halogens is 6. The normalized spacial score (nSPS) is 17.4. The predicted octanol–water partition coefficient (Wildman–Crippen LogP) is 15.9. The first kappa shape index (κ1) is 110. The summed E-state index contributed by atoms with van der Waals surface area (Å²) in [5, 5.41) is 65.8. The van der Waals surface area contributed by atoms with Crippen LogP contribution in [0.1, 0.15) is 142 Å². The van der Waals surface area contributed by atoms with Gasteiger partial charge in [0.05, 0.1) is 36.4 Å². The van der Waals surface area contributed by atoms with E-state index in [1.165, 1.54) is 42.8 Å². The molecule has 4 fully saturated rings. The number of hydrogen-bond acceptors (Lipinski definition) is 28. The Labute approximate surface area is 849 Å². The monoisotopic (exact) mass is 2050 g/mol. The molecule has 4 amide bonds. The maximum absolute atomic E-state index is 15.1. The fourth-order valence-corrected chi connectivity index (χ4v) is 17.2. The van der Waals surface area contributed by atoms with Crippen molar-refractivity contribution in [3.8, 4) is 57.5 Å². The smallest absolute Gasteiger partial charge is 0.407 e. The zero-order chi connectivity index (χ0) is 99.4. The van der Waals surface area contributed by atoms with Crippen molar-refractivity contribution in [2.24, 2.45) is 5.73 Å². The SMILES string of the molecule is C.C.C.CC[C@@H](NC(=O)OCc1ccccc1)C(O)c1ccc2c(c1)OCCO2.N[C@H](CN1CCC1)C(O)c1ccc2c(c1)OCCO2.O=C(N[C@H](CN1CCC1)C(O)c1ccc2c(c1)OCCO2)OCc1ccccc1.O=C(N[C@H](CN1CCC1)[C@@H](O)c1ccc2c(c1)OCCO2)C(F)(F)c1cc2cc(Cl)ccc2o1.O=C(N[C@H](CN1CCC1)[C@H](O)c1ccc2c(c1)OCCO2)C(F)(F)c1cc2cc(Cl)ccc2o1. The molecular formula is C107H127Cl2F4N9O23. The number of aliphatic hydroxyl groups excluding tert-OH is 5. The Morgan fingerprint density at radius 2 is 0.621 bits per heavy atom. The first-order valence-corrected chi connectivity index (χ1v) is 48.2. The van der Waals surface area contributed by atoms with Gasteiger partial charge in [-0.15, -0.1) is 0 Å². The lowest BCUT2D eigenvalue weighted by Gasteiger charge is -2.36. The van der Waals surface area contributed by atoms with Crippen LogP contribution in [0.5, 0.6) is 57.5 Å². The Kier molecular flexibility index (Phi) is 38.9. The zero-order valence-corrected chi connectivity index (χ0v) is 79.6. The number of alkyl carbamates (subject to hydrolysis) is 2. The van der Waals surface area contributed by atoms with E-state index in [0.29, 0.717) is 174 Å². The average molecular weight is 2050 g/mol. The van der Waals surface area contributed by atoms with Crippen LogP contribution in [0.15, 0.2) is 209 Å². The van der Waals surface area contributed by atoms with Gasteiger partial charge in [-0.05, 0) is 233 Å². The van der Waals surface area contributed by atoms with E-state index in [9.17, 15) is 44.7 Å². The molecule has 10 atom stereocenters. The van der Waals surface area contributed by atoms with Crippen LogP contribution in [-0.2, 0) is 44.1 Å². The van der Waals surface area contributed by atoms with Crippen molar-refractivity contribution in [3.05, 3.63) is 261 Å². The first-order valence-electron chi connectivity index (χ1n) is 47.5. The largest absolute Gasteiger partial charge is 0.486 e. The van der Waals surface area contributed by atoms with Crippen molar-refractivity contribution < 1.29 is 128 Å². The van der Waals surface area contributed by atoms with Gasteiger partial charge in [0.25, 0.3) is 11.8 Å². The van der Waals surface area contributed by atoms with Gasteiger partial charge in [-0.3, -0.25) is 9.59 Å². The van der Waals surface area contributed by atoms with Crippen LogP contribution in [0.4, 0.5) is 27.2 Å². The summed E-state index contributed by atoms with van der Waals surface area (Å²) in [6.45, 7) is 15.8. The number of ether oxygens (including phenoxy) is 12. The van der Waals surface area contributed by atoms with Crippen LogP contribution in [0, 0.1) is 0 Å². The Hall–Kier alpha value is -12.6. The summed E-state index contributed by atoms with van der Waals surface area (Å²) >= 11 is 11.8. The third-order valence-electron chi connectivity index (χ3n) is 25.3. The van der Waals surface area contributed by atoms with Crippen molar-refractivity contribution >= 4 is 69.1 Å². The lowest BCUT2D eigenvalue weighted by Crippen LogP contribution is -2.53. The molecule has 145 heavy (non-hydrogen) atoms. The first-order chi connectivity index (χ1) is 68.7. The molecule has 9 aliphatic rings. The zero-order valence-electron chi connectivity index (χ0n) is 78.1. The number of aliphatic hydroxyl groups is 5. The van der Waals surface area contributed by atoms with E-state index in [-0.39, 0.29) is 65.8 Å². The van der Waals surface area contributed by atoms with Gasteiger partial charge in [-0.25, -0.2) is 9.59 Å². The molecule has 780 valence electrons. The number of nitrogens with zero attached hydrogens (tertiary/aromatic N) is 4. The van der Waals surface area contributed by atoms with Gasteiger partial charge in [0.15, 0.2) is 69.0 Å². The molecule has 38 heteroatoms. The maximum Gasteiger partial charge on any atom is 0.407 e. The summed E-state index contributed by atoms with van der Waals surface area (Å²) < 4.78 is 137. The molecule has 3 unspecified atom stereocenters. The molecule has 0 saturated carbocycles. The highest BCUT2D eigenvalue weighted by molar-refractivity contribution is 6.31. The summed E-state index contributed by atoms with van der Waals surface area (Å²) in [7, 11) is 0. The molecule has 20 rings (SSSR count). The second-order valence-corrected chi connectivity index (χ2v) is 36.3. The predicted molar refractivity (Wildman–Crippen MR) is 536 cm³/mol. The molecule has 11 heterocycles. The summed E-state index contributed by atoms with van der Waals surface area (Å²) in [6, 6.07) is 52.8. The van der Waals surface area contributed by atoms with Gasteiger partial charge in [-0.1, -0.05) is 143 Å². The van der Waals surface area contributed by atoms with Crippen LogP contribution in [0.2, 0.25) is 10.0 Å². The van der Waals surface area contributed by atoms with E-state index in [0.717, 1.165) is 113 Å². The summed E-state index contributed by atoms with van der Waals surface area (Å²) in [4.78, 5) is 58.4. The van der Waals surface area contributed by atoms with Crippen LogP contribution < -0.4 is 74.4 Å². The molecular weight excluding hydrogens is 1930 g/mol. The highest BCUT2D eigenvalue weighted by Crippen LogP contribution is 2.43. The van der Waals surface area contributed by atoms with E-state index >= 15 is 17.6 Å². The molecule has 9 aromatic carbocycles. The number of carbonyl (C=O) groups excluding carboxylic acids is 4. The minimum Gasteiger partial charge on any atom is -0.486 e. The van der Waals surface area contributed by atoms with Crippen LogP contribution in [0.25, 0.3) is 21.9 Å². The molecule has 11 aromatic rings. The van der Waals surface area contributed by atoms with E-state index in [1.54, 1.807) is 72.8 Å². The fourth-order valence-electron chi connectivity index (χ4n) is 16.9. The fraction of sp³-hybridized carbons (Fsp3) is 0.421. The highest BCUT2D eigenvalue weighted by Gasteiger charge is 2.49. The molecule has 0 spiro atoms. The topological polar surface area (TPSA) is 394 Å². The van der Waals surface area contributed by atoms with Gasteiger partial charge in [0.2, 0.25) is 0 Å². The number of fused-ring (bicyclic) bond motifs is 7. The summed E-state index contributed by atoms with van der Waals surface area (Å²) in [5.41, 5.74) is 11.2. The minimum atomic E-state index is -3.95. The Morgan fingerprint density at radius 1 is 0.352 bits per heavy atom. The molecule has 4 saturated heterocycles. The third kappa shape index (κ3) is 28.6. The number of nitrogens with one attached hydrogen (secondary N) is 4. The summed E-state index contributed by atoms with van der Waals surface area (Å²) in [6.07, 6.45) is -1.18. The van der Waals surface area contributed by atoms with E-state index in [1.807, 2.05) is 95.6 Å². The number of carbonyl (C=O) groups is 4. The van der Waals surface area contributed by atoms with Crippen molar-refractivity contribution in [1.82, 2.24) is 40.9 Å². The molecule has 0 aliphatic carbocycles. The minimum absolute atomic E-state index is 0. The second kappa shape index (κ2) is 51.5. The van der Waals surface area contributed by atoms with Crippen LogP contribution in [-0.4, -0.2) is 244 Å². The number of benzene rings is 9. The number of furan rings is 2. The Morgan fingerprint density at radius 3 is 0.910 bits per heavy atom. The third-order valence-corrected chi connectivity index (χ3v) is 25.8. The Balaban J connectivity index is 0.000000153. The van der Waals surface area contributed by atoms with Gasteiger partial charge in [-0.2, -0.15) is 17.6 Å². The molecule has 32 nitrogen and oxygen atoms in total. The quantitative estimate of drug-likeness (QED) is 0.0180. The maximum atomic E-state index is 15.1. The van der Waals surface area contributed by atoms with Gasteiger partial charge in [0, 0.05) is 53.0 Å². The molecule has 2 aromatic heterocycles. The van der Waals surface area contributed by atoms with Crippen LogP contribution in [0.3, 0.4) is 0 Å². The van der Waals surface area contributed by atoms with Crippen LogP contribution >= 0.6 is 23.2 Å². The number of alkyl halides is 4. The number of rotatable bonds is 31. The van der Waals surface area contributed by atoms with Crippen molar-refractivity contribution in [2.75, 3.05) is 145 Å². The lowest BCUT2D eigenvalue weighted by molar-refractivity contribution is -0.151. The lowest BCUT2D eigenvalue weighted by atomic mass is 9.99. The van der Waals surface area contributed by atoms with Gasteiger partial charge >= 0.3 is 24.0 Å². The average Bonchev–Trinajstić information content (AvgIpc) is 1.62. The van der Waals surface area contributed by atoms with E-state index < -0.39 is 102 Å². The van der Waals surface area contributed by atoms with E-state index in [2.05, 4.69) is 31.1 Å². The second-order valence-electron chi connectivity index (χ2n) is 35.4. The van der Waals surface area contributed by atoms with Crippen molar-refractivity contribution in [1.29, 1.82) is 0 Å². The Bertz CT molecular complexity index is 5900. The number of nitrogens with two attached hydrogens (primary N) is 1. The molecule has 0 bridgehead atoms. The van der Waals surface area contributed by atoms with Gasteiger partial charge < -0.3 is 138 Å². The number of likely N-dealkylation sites (tertiary alicyclic amines) is 4. The molecule has 11 N–H and O–H groups in total. The molecule has 0 radical (unpaired) electrons. The standard InChI is InChI=1S/2C24H23ClF2N2O5.C22H26N2O5.C20H23NO5.C14H20N2O3.3CH4/c2*25-16-3-5-18-15(10-16)12-21(34-18)24(26,27)23(31)28-17(13-29-6-1-7-29)22(30)14-2-4-19-20(11-14)33-9-8-32-19;25-21(17-7-8-19-20(13-17)28-12-11-27-19)18(14-24-9-4-10-24)23-22(26)29-15-16-5-2-1-3-6-16;1-2-16(21-20(23)26-13-14-6-4-3-5-7-14)19(22)15-8-9-17-18(12-15)25-11-10-24-17;15-11(9-16-4-1-5-16)14(17)10-2-3-12-13(8-10)19-7-6-18-12;;;/h2*2-5,10-12,17,22,30H,1,6-9,13H2,(H,28,31);1-3,5-8,13,18,21,25H,4,9-12,14-15H2,(H,23,26);3-9,12,16,19,22H,2,10-11,13H2,1H3,(H,21,23);2-3,8,11,14,17H,1,4-7,9,15H2;3*1H4/t17-,22+;17-,22-;18-,21?;16-,19?;11-,14?;;;/m11111.../s1. The number of amides is 4. The highest BCUT2D eigenvalue weighted by atomic mass is 35.5. The molecule has 9 aliphatic heterocycles.